The minimum absolute atomic E-state index is 0.213. The van der Waals surface area contributed by atoms with E-state index in [9.17, 15) is 4.79 Å². The van der Waals surface area contributed by atoms with Crippen molar-refractivity contribution in [2.24, 2.45) is 0 Å². The Kier molecular flexibility index (Phi) is 2.87. The zero-order chi connectivity index (χ0) is 14.1. The summed E-state index contributed by atoms with van der Waals surface area (Å²) in [4.78, 5) is 16.4. The highest BCUT2D eigenvalue weighted by Gasteiger charge is 2.13. The topological polar surface area (TPSA) is 78.4 Å². The molecule has 100 valence electrons. The van der Waals surface area contributed by atoms with Gasteiger partial charge in [-0.25, -0.2) is 9.78 Å². The van der Waals surface area contributed by atoms with Gasteiger partial charge in [-0.15, -0.1) is 0 Å². The molecule has 0 radical (unpaired) electrons. The van der Waals surface area contributed by atoms with Crippen LogP contribution in [0.3, 0.4) is 0 Å². The van der Waals surface area contributed by atoms with Gasteiger partial charge in [-0.2, -0.15) is 0 Å². The van der Waals surface area contributed by atoms with Gasteiger partial charge >= 0.3 is 5.63 Å². The molecule has 3 rings (SSSR count). The zero-order valence-electron chi connectivity index (χ0n) is 10.8. The number of nitrogen functional groups attached to an aromatic ring is 1. The average Bonchev–Trinajstić information content (AvgIpc) is 2.47. The summed E-state index contributed by atoms with van der Waals surface area (Å²) in [5.74, 6) is 0.803. The summed E-state index contributed by atoms with van der Waals surface area (Å²) in [6.07, 6.45) is 0. The van der Waals surface area contributed by atoms with Crippen LogP contribution >= 0.6 is 0 Å². The fourth-order valence-corrected chi connectivity index (χ4v) is 2.08. The predicted octanol–water partition coefficient (Wildman–Crippen LogP) is 2.45. The molecule has 1 aromatic heterocycles. The standard InChI is InChI=1S/C15H12N2O3/c1-19-12-8-3-2-5-9(12)14-17-11-7-4-6-10(16)13(11)15(18)20-14/h2-8H,16H2,1H3. The number of hydrogen-bond donors (Lipinski definition) is 1. The number of methoxy groups -OCH3 is 1. The maximum absolute atomic E-state index is 12.1. The van der Waals surface area contributed by atoms with Crippen LogP contribution in [0.2, 0.25) is 0 Å². The lowest BCUT2D eigenvalue weighted by molar-refractivity contribution is 0.413. The summed E-state index contributed by atoms with van der Waals surface area (Å²) >= 11 is 0. The number of nitrogens with zero attached hydrogens (tertiary/aromatic N) is 1. The third kappa shape index (κ3) is 1.89. The highest BCUT2D eigenvalue weighted by Crippen LogP contribution is 2.28. The number of hydrogen-bond acceptors (Lipinski definition) is 5. The molecule has 3 aromatic rings. The summed E-state index contributed by atoms with van der Waals surface area (Å²) in [5, 5.41) is 0.297. The number of fused-ring (bicyclic) bond motifs is 1. The van der Waals surface area contributed by atoms with Crippen LogP contribution in [0.5, 0.6) is 5.75 Å². The van der Waals surface area contributed by atoms with Gasteiger partial charge < -0.3 is 14.9 Å². The maximum Gasteiger partial charge on any atom is 0.349 e. The minimum atomic E-state index is -0.506. The fraction of sp³-hybridized carbons (Fsp3) is 0.0667. The van der Waals surface area contributed by atoms with Crippen LogP contribution in [0.4, 0.5) is 5.69 Å². The van der Waals surface area contributed by atoms with E-state index in [0.717, 1.165) is 0 Å². The predicted molar refractivity (Wildman–Crippen MR) is 76.7 cm³/mol. The van der Waals surface area contributed by atoms with Gasteiger partial charge in [0.2, 0.25) is 5.89 Å². The van der Waals surface area contributed by atoms with Crippen LogP contribution < -0.4 is 16.1 Å². The van der Waals surface area contributed by atoms with Crippen molar-refractivity contribution in [3.05, 3.63) is 52.9 Å². The number of ether oxygens (including phenoxy) is 1. The van der Waals surface area contributed by atoms with Gasteiger partial charge in [-0.05, 0) is 24.3 Å². The fourth-order valence-electron chi connectivity index (χ4n) is 2.08. The summed E-state index contributed by atoms with van der Waals surface area (Å²) in [7, 11) is 1.55. The van der Waals surface area contributed by atoms with Crippen LogP contribution in [0.1, 0.15) is 0 Å². The molecule has 0 spiro atoms. The smallest absolute Gasteiger partial charge is 0.349 e. The van der Waals surface area contributed by atoms with E-state index < -0.39 is 5.63 Å². The number of anilines is 1. The SMILES string of the molecule is COc1ccccc1-c1nc2cccc(N)c2c(=O)o1. The second-order valence-electron chi connectivity index (χ2n) is 4.25. The van der Waals surface area contributed by atoms with Crippen molar-refractivity contribution in [3.8, 4) is 17.2 Å². The van der Waals surface area contributed by atoms with Crippen molar-refractivity contribution in [2.45, 2.75) is 0 Å². The van der Waals surface area contributed by atoms with Gasteiger partial charge in [0.1, 0.15) is 11.1 Å². The molecule has 0 unspecified atom stereocenters. The molecule has 0 aliphatic heterocycles. The molecule has 0 saturated carbocycles. The molecule has 20 heavy (non-hydrogen) atoms. The van der Waals surface area contributed by atoms with Crippen molar-refractivity contribution in [1.82, 2.24) is 4.98 Å². The lowest BCUT2D eigenvalue weighted by atomic mass is 10.2. The number of benzene rings is 2. The molecule has 0 aliphatic carbocycles. The van der Waals surface area contributed by atoms with E-state index in [4.69, 9.17) is 14.9 Å². The van der Waals surface area contributed by atoms with Crippen molar-refractivity contribution in [1.29, 1.82) is 0 Å². The highest BCUT2D eigenvalue weighted by molar-refractivity contribution is 5.89. The number of para-hydroxylation sites is 1. The van der Waals surface area contributed by atoms with Crippen molar-refractivity contribution < 1.29 is 9.15 Å². The molecule has 0 aliphatic rings. The highest BCUT2D eigenvalue weighted by atomic mass is 16.5. The summed E-state index contributed by atoms with van der Waals surface area (Å²) in [6, 6.07) is 12.3. The van der Waals surface area contributed by atoms with Crippen molar-refractivity contribution in [2.75, 3.05) is 12.8 Å². The largest absolute Gasteiger partial charge is 0.496 e. The molecule has 1 heterocycles. The number of aromatic nitrogens is 1. The first-order valence-corrected chi connectivity index (χ1v) is 6.03. The normalized spacial score (nSPS) is 10.7. The van der Waals surface area contributed by atoms with Gasteiger partial charge in [0.05, 0.1) is 18.2 Å². The zero-order valence-corrected chi connectivity index (χ0v) is 10.8. The van der Waals surface area contributed by atoms with Crippen LogP contribution in [-0.4, -0.2) is 12.1 Å². The Morgan fingerprint density at radius 3 is 2.75 bits per heavy atom. The Balaban J connectivity index is 2.31. The van der Waals surface area contributed by atoms with E-state index in [2.05, 4.69) is 4.98 Å². The van der Waals surface area contributed by atoms with E-state index in [-0.39, 0.29) is 5.89 Å². The first-order chi connectivity index (χ1) is 9.70. The molecule has 0 amide bonds. The molecule has 5 nitrogen and oxygen atoms in total. The monoisotopic (exact) mass is 268 g/mol. The Hall–Kier alpha value is -2.82. The Morgan fingerprint density at radius 1 is 1.15 bits per heavy atom. The van der Waals surface area contributed by atoms with Crippen LogP contribution in [0, 0.1) is 0 Å². The molecule has 2 aromatic carbocycles. The van der Waals surface area contributed by atoms with Gasteiger partial charge in [-0.3, -0.25) is 0 Å². The number of rotatable bonds is 2. The van der Waals surface area contributed by atoms with Crippen LogP contribution in [-0.2, 0) is 0 Å². The molecule has 0 saturated heterocycles. The Morgan fingerprint density at radius 2 is 1.95 bits per heavy atom. The summed E-state index contributed by atoms with van der Waals surface area (Å²) < 4.78 is 10.5. The van der Waals surface area contributed by atoms with E-state index in [1.54, 1.807) is 37.4 Å². The van der Waals surface area contributed by atoms with Crippen molar-refractivity contribution >= 4 is 16.6 Å². The second kappa shape index (κ2) is 4.70. The summed E-state index contributed by atoms with van der Waals surface area (Å²) in [5.41, 5.74) is 6.75. The molecular formula is C15H12N2O3. The lowest BCUT2D eigenvalue weighted by Gasteiger charge is -2.07. The number of nitrogens with two attached hydrogens (primary N) is 1. The van der Waals surface area contributed by atoms with E-state index in [0.29, 0.717) is 27.9 Å². The van der Waals surface area contributed by atoms with Crippen LogP contribution in [0.15, 0.2) is 51.7 Å². The van der Waals surface area contributed by atoms with Gasteiger partial charge in [0, 0.05) is 5.69 Å². The van der Waals surface area contributed by atoms with E-state index in [1.165, 1.54) is 0 Å². The van der Waals surface area contributed by atoms with E-state index in [1.807, 2.05) is 12.1 Å². The molecule has 0 atom stereocenters. The van der Waals surface area contributed by atoms with Crippen molar-refractivity contribution in [3.63, 3.8) is 0 Å². The molecule has 2 N–H and O–H groups in total. The van der Waals surface area contributed by atoms with Gasteiger partial charge in [0.15, 0.2) is 0 Å². The maximum atomic E-state index is 12.1. The van der Waals surface area contributed by atoms with E-state index >= 15 is 0 Å². The first-order valence-electron chi connectivity index (χ1n) is 6.03. The second-order valence-corrected chi connectivity index (χ2v) is 4.25. The average molecular weight is 268 g/mol. The summed E-state index contributed by atoms with van der Waals surface area (Å²) in [6.45, 7) is 0. The Labute approximate surface area is 114 Å². The minimum Gasteiger partial charge on any atom is -0.496 e. The molecule has 5 heteroatoms. The molecule has 0 bridgehead atoms. The molecule has 0 fully saturated rings. The third-order valence-electron chi connectivity index (χ3n) is 3.03. The molecular weight excluding hydrogens is 256 g/mol. The Bertz CT molecular complexity index is 840. The van der Waals surface area contributed by atoms with Gasteiger partial charge in [0.25, 0.3) is 0 Å². The third-order valence-corrected chi connectivity index (χ3v) is 3.03. The quantitative estimate of drug-likeness (QED) is 0.722. The van der Waals surface area contributed by atoms with Crippen LogP contribution in [0.25, 0.3) is 22.4 Å². The van der Waals surface area contributed by atoms with Gasteiger partial charge in [-0.1, -0.05) is 18.2 Å². The first kappa shape index (κ1) is 12.2. The lowest BCUT2D eigenvalue weighted by Crippen LogP contribution is -2.06.